The van der Waals surface area contributed by atoms with Gasteiger partial charge in [0.25, 0.3) is 0 Å². The molecule has 1 aliphatic heterocycles. The van der Waals surface area contributed by atoms with Crippen molar-refractivity contribution in [2.24, 2.45) is 0 Å². The van der Waals surface area contributed by atoms with E-state index in [1.807, 2.05) is 6.07 Å². The number of nitrogens with zero attached hydrogens (tertiary/aromatic N) is 1. The van der Waals surface area contributed by atoms with Crippen LogP contribution in [0.3, 0.4) is 0 Å². The van der Waals surface area contributed by atoms with Crippen LogP contribution >= 0.6 is 11.3 Å². The summed E-state index contributed by atoms with van der Waals surface area (Å²) in [5.74, 6) is 1.02. The van der Waals surface area contributed by atoms with Crippen molar-refractivity contribution >= 4 is 27.2 Å². The molecule has 0 fully saturated rings. The molecule has 106 valence electrons. The molecule has 0 saturated heterocycles. The Labute approximate surface area is 127 Å². The molecule has 1 atom stereocenters. The largest absolute Gasteiger partial charge is 0.493 e. The Bertz CT molecular complexity index is 763. The molecule has 0 bridgehead atoms. The summed E-state index contributed by atoms with van der Waals surface area (Å²) in [6, 6.07) is 14.8. The number of thiazole rings is 1. The number of aromatic nitrogens is 1. The molecule has 21 heavy (non-hydrogen) atoms. The van der Waals surface area contributed by atoms with E-state index in [9.17, 15) is 0 Å². The lowest BCUT2D eigenvalue weighted by Crippen LogP contribution is -2.06. The van der Waals surface area contributed by atoms with Crippen LogP contribution < -0.4 is 10.1 Å². The van der Waals surface area contributed by atoms with Crippen LogP contribution in [0.1, 0.15) is 23.5 Å². The first kappa shape index (κ1) is 12.7. The van der Waals surface area contributed by atoms with Crippen molar-refractivity contribution in [3.05, 3.63) is 53.0 Å². The first-order valence-electron chi connectivity index (χ1n) is 7.17. The van der Waals surface area contributed by atoms with Crippen molar-refractivity contribution in [3.63, 3.8) is 0 Å². The zero-order valence-electron chi connectivity index (χ0n) is 11.8. The molecule has 0 amide bonds. The second-order valence-electron chi connectivity index (χ2n) is 5.31. The number of hydrogen-bond acceptors (Lipinski definition) is 4. The fourth-order valence-corrected chi connectivity index (χ4v) is 3.63. The van der Waals surface area contributed by atoms with Crippen molar-refractivity contribution in [2.75, 3.05) is 11.9 Å². The zero-order chi connectivity index (χ0) is 14.2. The van der Waals surface area contributed by atoms with Gasteiger partial charge in [-0.1, -0.05) is 12.1 Å². The van der Waals surface area contributed by atoms with Crippen LogP contribution in [0, 0.1) is 0 Å². The molecule has 0 aliphatic carbocycles. The summed E-state index contributed by atoms with van der Waals surface area (Å²) in [4.78, 5) is 4.71. The molecular weight excluding hydrogens is 280 g/mol. The fourth-order valence-electron chi connectivity index (χ4n) is 2.66. The van der Waals surface area contributed by atoms with Crippen LogP contribution in [0.4, 0.5) is 5.69 Å². The summed E-state index contributed by atoms with van der Waals surface area (Å²) >= 11 is 1.75. The van der Waals surface area contributed by atoms with Gasteiger partial charge in [-0.25, -0.2) is 4.98 Å². The Hall–Kier alpha value is -2.07. The van der Waals surface area contributed by atoms with Crippen molar-refractivity contribution in [3.8, 4) is 5.75 Å². The number of nitrogens with one attached hydrogen (secondary N) is 1. The summed E-state index contributed by atoms with van der Waals surface area (Å²) in [6.07, 6.45) is 1.00. The maximum atomic E-state index is 5.54. The Morgan fingerprint density at radius 1 is 1.24 bits per heavy atom. The van der Waals surface area contributed by atoms with Crippen LogP contribution in [0.25, 0.3) is 10.2 Å². The number of para-hydroxylation sites is 1. The molecule has 2 aromatic carbocycles. The highest BCUT2D eigenvalue weighted by Gasteiger charge is 2.15. The normalized spacial score (nSPS) is 14.7. The van der Waals surface area contributed by atoms with E-state index >= 15 is 0 Å². The minimum absolute atomic E-state index is 0.197. The first-order valence-corrected chi connectivity index (χ1v) is 7.99. The summed E-state index contributed by atoms with van der Waals surface area (Å²) in [7, 11) is 0. The minimum Gasteiger partial charge on any atom is -0.493 e. The lowest BCUT2D eigenvalue weighted by atomic mass is 10.1. The van der Waals surface area contributed by atoms with Crippen LogP contribution in [-0.2, 0) is 6.42 Å². The van der Waals surface area contributed by atoms with Gasteiger partial charge in [0.2, 0.25) is 0 Å². The van der Waals surface area contributed by atoms with Gasteiger partial charge in [0, 0.05) is 12.1 Å². The van der Waals surface area contributed by atoms with E-state index in [0.29, 0.717) is 0 Å². The number of rotatable bonds is 3. The molecule has 1 aliphatic rings. The highest BCUT2D eigenvalue weighted by molar-refractivity contribution is 7.18. The van der Waals surface area contributed by atoms with Gasteiger partial charge in [0.1, 0.15) is 10.8 Å². The third-order valence-electron chi connectivity index (χ3n) is 3.75. The van der Waals surface area contributed by atoms with Crippen LogP contribution in [0.2, 0.25) is 0 Å². The Balaban J connectivity index is 1.58. The van der Waals surface area contributed by atoms with Gasteiger partial charge < -0.3 is 10.1 Å². The van der Waals surface area contributed by atoms with E-state index in [1.165, 1.54) is 10.3 Å². The smallest absolute Gasteiger partial charge is 0.122 e. The average Bonchev–Trinajstić information content (AvgIpc) is 3.13. The predicted octanol–water partition coefficient (Wildman–Crippen LogP) is 4.40. The molecule has 4 rings (SSSR count). The molecule has 1 N–H and O–H groups in total. The van der Waals surface area contributed by atoms with Crippen molar-refractivity contribution < 1.29 is 4.74 Å². The van der Waals surface area contributed by atoms with E-state index in [2.05, 4.69) is 48.6 Å². The van der Waals surface area contributed by atoms with Crippen LogP contribution in [-0.4, -0.2) is 11.6 Å². The standard InChI is InChI=1S/C17H16N2OS/c1-11(17-19-14-4-2-3-5-16(14)21-17)18-13-6-7-15-12(10-13)8-9-20-15/h2-7,10-11,18H,8-9H2,1H3. The maximum absolute atomic E-state index is 5.54. The van der Waals surface area contributed by atoms with E-state index in [4.69, 9.17) is 9.72 Å². The van der Waals surface area contributed by atoms with Gasteiger partial charge in [-0.15, -0.1) is 11.3 Å². The van der Waals surface area contributed by atoms with E-state index in [1.54, 1.807) is 11.3 Å². The maximum Gasteiger partial charge on any atom is 0.122 e. The van der Waals surface area contributed by atoms with E-state index < -0.39 is 0 Å². The molecule has 0 radical (unpaired) electrons. The van der Waals surface area contributed by atoms with Crippen molar-refractivity contribution in [2.45, 2.75) is 19.4 Å². The molecule has 1 unspecified atom stereocenters. The van der Waals surface area contributed by atoms with Gasteiger partial charge in [-0.05, 0) is 42.8 Å². The minimum atomic E-state index is 0.197. The molecule has 3 aromatic rings. The number of hydrogen-bond donors (Lipinski definition) is 1. The molecule has 4 heteroatoms. The highest BCUT2D eigenvalue weighted by Crippen LogP contribution is 2.31. The second kappa shape index (κ2) is 5.04. The lowest BCUT2D eigenvalue weighted by molar-refractivity contribution is 0.357. The third-order valence-corrected chi connectivity index (χ3v) is 4.97. The summed E-state index contributed by atoms with van der Waals surface area (Å²) in [6.45, 7) is 2.95. The summed E-state index contributed by atoms with van der Waals surface area (Å²) < 4.78 is 6.78. The van der Waals surface area contributed by atoms with Crippen LogP contribution in [0.5, 0.6) is 5.75 Å². The monoisotopic (exact) mass is 296 g/mol. The SMILES string of the molecule is CC(Nc1ccc2c(c1)CCO2)c1nc2ccccc2s1. The molecule has 0 spiro atoms. The molecular formula is C17H16N2OS. The Kier molecular flexibility index (Phi) is 3.04. The van der Waals surface area contributed by atoms with Crippen molar-refractivity contribution in [1.82, 2.24) is 4.98 Å². The van der Waals surface area contributed by atoms with Crippen LogP contribution in [0.15, 0.2) is 42.5 Å². The molecule has 3 nitrogen and oxygen atoms in total. The number of anilines is 1. The average molecular weight is 296 g/mol. The molecule has 2 heterocycles. The predicted molar refractivity (Wildman–Crippen MR) is 87.3 cm³/mol. The Morgan fingerprint density at radius 2 is 2.14 bits per heavy atom. The van der Waals surface area contributed by atoms with Crippen molar-refractivity contribution in [1.29, 1.82) is 0 Å². The lowest BCUT2D eigenvalue weighted by Gasteiger charge is -2.13. The second-order valence-corrected chi connectivity index (χ2v) is 6.37. The summed E-state index contributed by atoms with van der Waals surface area (Å²) in [5, 5.41) is 4.66. The number of fused-ring (bicyclic) bond motifs is 2. The van der Waals surface area contributed by atoms with Gasteiger partial charge in [0.05, 0.1) is 22.9 Å². The van der Waals surface area contributed by atoms with Gasteiger partial charge in [-0.2, -0.15) is 0 Å². The number of benzene rings is 2. The van der Waals surface area contributed by atoms with Gasteiger partial charge in [-0.3, -0.25) is 0 Å². The Morgan fingerprint density at radius 3 is 3.05 bits per heavy atom. The molecule has 1 aromatic heterocycles. The van der Waals surface area contributed by atoms with Gasteiger partial charge >= 0.3 is 0 Å². The summed E-state index contributed by atoms with van der Waals surface area (Å²) in [5.41, 5.74) is 3.50. The topological polar surface area (TPSA) is 34.1 Å². The molecule has 0 saturated carbocycles. The van der Waals surface area contributed by atoms with Gasteiger partial charge in [0.15, 0.2) is 0 Å². The van der Waals surface area contributed by atoms with E-state index in [-0.39, 0.29) is 6.04 Å². The number of ether oxygens (including phenoxy) is 1. The highest BCUT2D eigenvalue weighted by atomic mass is 32.1. The zero-order valence-corrected chi connectivity index (χ0v) is 12.6. The quantitative estimate of drug-likeness (QED) is 0.777. The fraction of sp³-hybridized carbons (Fsp3) is 0.235. The third kappa shape index (κ3) is 2.36. The van der Waals surface area contributed by atoms with E-state index in [0.717, 1.165) is 35.0 Å². The first-order chi connectivity index (χ1) is 10.3.